The zero-order valence-electron chi connectivity index (χ0n) is 12.6. The topological polar surface area (TPSA) is 29.9 Å². The van der Waals surface area contributed by atoms with Gasteiger partial charge in [0.05, 0.1) is 11.2 Å². The van der Waals surface area contributed by atoms with Gasteiger partial charge in [-0.05, 0) is 37.8 Å². The molecule has 0 saturated heterocycles. The lowest BCUT2D eigenvalue weighted by Crippen LogP contribution is -2.24. The van der Waals surface area contributed by atoms with Crippen molar-refractivity contribution in [2.24, 2.45) is 11.8 Å². The van der Waals surface area contributed by atoms with Gasteiger partial charge in [-0.2, -0.15) is 5.10 Å². The molecule has 2 aromatic rings. The van der Waals surface area contributed by atoms with Gasteiger partial charge in [0, 0.05) is 18.5 Å². The number of para-hydroxylation sites is 1. The number of aryl methyl sites for hydroxylation is 1. The summed E-state index contributed by atoms with van der Waals surface area (Å²) in [6.45, 7) is 7.49. The lowest BCUT2D eigenvalue weighted by molar-refractivity contribution is 0.391. The molecule has 0 bridgehead atoms. The Morgan fingerprint density at radius 1 is 1.30 bits per heavy atom. The average molecular weight is 271 g/mol. The van der Waals surface area contributed by atoms with E-state index >= 15 is 0 Å². The van der Waals surface area contributed by atoms with Gasteiger partial charge in [0.2, 0.25) is 0 Å². The van der Waals surface area contributed by atoms with Crippen LogP contribution in [0, 0.1) is 11.8 Å². The SMILES string of the molecule is CCn1nc(CNCC2CCCC2C)c2ccccc21. The summed E-state index contributed by atoms with van der Waals surface area (Å²) in [5.41, 5.74) is 2.44. The van der Waals surface area contributed by atoms with E-state index < -0.39 is 0 Å². The van der Waals surface area contributed by atoms with E-state index in [9.17, 15) is 0 Å². The third kappa shape index (κ3) is 2.59. The highest BCUT2D eigenvalue weighted by atomic mass is 15.3. The van der Waals surface area contributed by atoms with Crippen LogP contribution in [0.2, 0.25) is 0 Å². The largest absolute Gasteiger partial charge is 0.311 e. The van der Waals surface area contributed by atoms with Crippen molar-refractivity contribution in [3.8, 4) is 0 Å². The van der Waals surface area contributed by atoms with Crippen LogP contribution >= 0.6 is 0 Å². The maximum atomic E-state index is 4.75. The molecule has 2 atom stereocenters. The Kier molecular flexibility index (Phi) is 4.06. The second kappa shape index (κ2) is 5.96. The molecule has 0 radical (unpaired) electrons. The van der Waals surface area contributed by atoms with Gasteiger partial charge >= 0.3 is 0 Å². The first-order valence-corrected chi connectivity index (χ1v) is 7.94. The molecule has 2 unspecified atom stereocenters. The number of hydrogen-bond donors (Lipinski definition) is 1. The third-order valence-corrected chi connectivity index (χ3v) is 4.77. The molecule has 3 nitrogen and oxygen atoms in total. The van der Waals surface area contributed by atoms with E-state index in [1.807, 2.05) is 0 Å². The van der Waals surface area contributed by atoms with Crippen molar-refractivity contribution in [3.63, 3.8) is 0 Å². The summed E-state index contributed by atoms with van der Waals surface area (Å²) >= 11 is 0. The van der Waals surface area contributed by atoms with Gasteiger partial charge in [-0.1, -0.05) is 38.0 Å². The normalized spacial score (nSPS) is 22.7. The lowest BCUT2D eigenvalue weighted by atomic mass is 9.98. The molecular weight excluding hydrogens is 246 g/mol. The summed E-state index contributed by atoms with van der Waals surface area (Å²) in [7, 11) is 0. The van der Waals surface area contributed by atoms with Gasteiger partial charge < -0.3 is 5.32 Å². The molecular formula is C17H25N3. The Balaban J connectivity index is 1.68. The molecule has 1 aromatic heterocycles. The molecule has 1 aliphatic rings. The molecule has 108 valence electrons. The van der Waals surface area contributed by atoms with Crippen LogP contribution in [0.1, 0.15) is 38.8 Å². The number of aromatic nitrogens is 2. The Bertz CT molecular complexity index is 573. The van der Waals surface area contributed by atoms with Gasteiger partial charge in [0.25, 0.3) is 0 Å². The average Bonchev–Trinajstić information content (AvgIpc) is 3.04. The van der Waals surface area contributed by atoms with E-state index in [1.54, 1.807) is 0 Å². The minimum atomic E-state index is 0.856. The summed E-state index contributed by atoms with van der Waals surface area (Å²) in [6, 6.07) is 8.54. The van der Waals surface area contributed by atoms with Crippen molar-refractivity contribution in [1.82, 2.24) is 15.1 Å². The fraction of sp³-hybridized carbons (Fsp3) is 0.588. The molecule has 20 heavy (non-hydrogen) atoms. The van der Waals surface area contributed by atoms with E-state index in [0.717, 1.165) is 31.5 Å². The summed E-state index contributed by atoms with van der Waals surface area (Å²) in [4.78, 5) is 0. The fourth-order valence-corrected chi connectivity index (χ4v) is 3.47. The highest BCUT2D eigenvalue weighted by molar-refractivity contribution is 5.81. The minimum Gasteiger partial charge on any atom is -0.311 e. The highest BCUT2D eigenvalue weighted by Crippen LogP contribution is 2.30. The van der Waals surface area contributed by atoms with Gasteiger partial charge in [-0.25, -0.2) is 0 Å². The second-order valence-corrected chi connectivity index (χ2v) is 6.08. The maximum Gasteiger partial charge on any atom is 0.0841 e. The first-order valence-electron chi connectivity index (χ1n) is 7.94. The van der Waals surface area contributed by atoms with Crippen LogP contribution < -0.4 is 5.32 Å². The van der Waals surface area contributed by atoms with Crippen LogP contribution in [0.3, 0.4) is 0 Å². The molecule has 1 aliphatic carbocycles. The van der Waals surface area contributed by atoms with Gasteiger partial charge in [0.15, 0.2) is 0 Å². The van der Waals surface area contributed by atoms with Gasteiger partial charge in [-0.15, -0.1) is 0 Å². The number of fused-ring (bicyclic) bond motifs is 1. The first-order chi connectivity index (χ1) is 9.79. The summed E-state index contributed by atoms with van der Waals surface area (Å²) in [5, 5.41) is 9.67. The lowest BCUT2D eigenvalue weighted by Gasteiger charge is -2.15. The van der Waals surface area contributed by atoms with Crippen LogP contribution in [0.4, 0.5) is 0 Å². The fourth-order valence-electron chi connectivity index (χ4n) is 3.47. The number of benzene rings is 1. The molecule has 1 N–H and O–H groups in total. The van der Waals surface area contributed by atoms with Crippen molar-refractivity contribution in [2.45, 2.75) is 46.2 Å². The van der Waals surface area contributed by atoms with E-state index in [4.69, 9.17) is 5.10 Å². The van der Waals surface area contributed by atoms with Crippen molar-refractivity contribution >= 4 is 10.9 Å². The molecule has 1 heterocycles. The molecule has 3 rings (SSSR count). The zero-order valence-corrected chi connectivity index (χ0v) is 12.6. The van der Waals surface area contributed by atoms with Crippen LogP contribution in [-0.4, -0.2) is 16.3 Å². The number of hydrogen-bond acceptors (Lipinski definition) is 2. The quantitative estimate of drug-likeness (QED) is 0.900. The van der Waals surface area contributed by atoms with Gasteiger partial charge in [-0.3, -0.25) is 4.68 Å². The third-order valence-electron chi connectivity index (χ3n) is 4.77. The van der Waals surface area contributed by atoms with Crippen molar-refractivity contribution < 1.29 is 0 Å². The van der Waals surface area contributed by atoms with Crippen LogP contribution in [0.5, 0.6) is 0 Å². The monoisotopic (exact) mass is 271 g/mol. The van der Waals surface area contributed by atoms with Crippen LogP contribution in [0.15, 0.2) is 24.3 Å². The minimum absolute atomic E-state index is 0.856. The van der Waals surface area contributed by atoms with Crippen LogP contribution in [0.25, 0.3) is 10.9 Å². The van der Waals surface area contributed by atoms with Crippen molar-refractivity contribution in [3.05, 3.63) is 30.0 Å². The number of nitrogens with one attached hydrogen (secondary N) is 1. The predicted molar refractivity (Wildman–Crippen MR) is 83.6 cm³/mol. The predicted octanol–water partition coefficient (Wildman–Crippen LogP) is 3.58. The summed E-state index contributed by atoms with van der Waals surface area (Å²) < 4.78 is 2.10. The van der Waals surface area contributed by atoms with Crippen LogP contribution in [-0.2, 0) is 13.1 Å². The van der Waals surface area contributed by atoms with E-state index in [2.05, 4.69) is 48.1 Å². The Morgan fingerprint density at radius 3 is 2.90 bits per heavy atom. The Hall–Kier alpha value is -1.35. The number of rotatable bonds is 5. The van der Waals surface area contributed by atoms with E-state index in [1.165, 1.54) is 35.9 Å². The molecule has 1 fully saturated rings. The van der Waals surface area contributed by atoms with Crippen molar-refractivity contribution in [2.75, 3.05) is 6.54 Å². The molecule has 1 aromatic carbocycles. The molecule has 1 saturated carbocycles. The zero-order chi connectivity index (χ0) is 13.9. The standard InChI is InChI=1S/C17H25N3/c1-3-20-17-10-5-4-9-15(17)16(19-20)12-18-11-14-8-6-7-13(14)2/h4-5,9-10,13-14,18H,3,6-8,11-12H2,1-2H3. The Morgan fingerprint density at radius 2 is 2.15 bits per heavy atom. The second-order valence-electron chi connectivity index (χ2n) is 6.08. The molecule has 0 spiro atoms. The summed E-state index contributed by atoms with van der Waals surface area (Å²) in [5.74, 6) is 1.74. The highest BCUT2D eigenvalue weighted by Gasteiger charge is 2.22. The summed E-state index contributed by atoms with van der Waals surface area (Å²) in [6.07, 6.45) is 4.19. The van der Waals surface area contributed by atoms with E-state index in [0.29, 0.717) is 0 Å². The van der Waals surface area contributed by atoms with E-state index in [-0.39, 0.29) is 0 Å². The molecule has 0 aliphatic heterocycles. The molecule has 3 heteroatoms. The number of nitrogens with zero attached hydrogens (tertiary/aromatic N) is 2. The van der Waals surface area contributed by atoms with Crippen molar-refractivity contribution in [1.29, 1.82) is 0 Å². The first kappa shape index (κ1) is 13.6. The van der Waals surface area contributed by atoms with Gasteiger partial charge in [0.1, 0.15) is 0 Å². The maximum absolute atomic E-state index is 4.75. The smallest absolute Gasteiger partial charge is 0.0841 e. The Labute approximate surface area is 121 Å². The molecule has 0 amide bonds.